The molecule has 0 radical (unpaired) electrons. The highest BCUT2D eigenvalue weighted by molar-refractivity contribution is 7.09. The van der Waals surface area contributed by atoms with Gasteiger partial charge in [0.1, 0.15) is 5.82 Å². The number of nitrogens with zero attached hydrogens (tertiary/aromatic N) is 3. The third kappa shape index (κ3) is 3.14. The normalized spacial score (nSPS) is 25.2. The van der Waals surface area contributed by atoms with Crippen molar-refractivity contribution in [2.75, 3.05) is 24.6 Å². The molecular weight excluding hydrogens is 238 g/mol. The van der Waals surface area contributed by atoms with Gasteiger partial charge in [-0.05, 0) is 13.3 Å². The van der Waals surface area contributed by atoms with Crippen LogP contribution in [0, 0.1) is 0 Å². The summed E-state index contributed by atoms with van der Waals surface area (Å²) < 4.78 is 9.95. The van der Waals surface area contributed by atoms with Crippen LogP contribution in [0.2, 0.25) is 0 Å². The van der Waals surface area contributed by atoms with Gasteiger partial charge in [-0.3, -0.25) is 0 Å². The number of morpholine rings is 1. The Labute approximate surface area is 106 Å². The molecule has 6 heteroatoms. The molecule has 2 atom stereocenters. The zero-order valence-electron chi connectivity index (χ0n) is 10.3. The number of aliphatic hydroxyl groups is 1. The summed E-state index contributed by atoms with van der Waals surface area (Å²) in [4.78, 5) is 6.68. The Morgan fingerprint density at radius 3 is 3.06 bits per heavy atom. The standard InChI is InChI=1S/C11H19N3O2S/c1-3-4-10-12-11(17-13-10)14-5-8(2)16-9(6-14)7-15/h8-9,15H,3-7H2,1-2H3. The van der Waals surface area contributed by atoms with E-state index in [-0.39, 0.29) is 18.8 Å². The maximum absolute atomic E-state index is 9.18. The molecule has 2 heterocycles. The molecule has 1 aromatic rings. The van der Waals surface area contributed by atoms with Crippen molar-refractivity contribution in [2.24, 2.45) is 0 Å². The Morgan fingerprint density at radius 1 is 1.53 bits per heavy atom. The Balaban J connectivity index is 2.04. The van der Waals surface area contributed by atoms with Gasteiger partial charge >= 0.3 is 0 Å². The Bertz CT molecular complexity index is 358. The van der Waals surface area contributed by atoms with E-state index in [2.05, 4.69) is 21.2 Å². The van der Waals surface area contributed by atoms with E-state index in [4.69, 9.17) is 4.74 Å². The summed E-state index contributed by atoms with van der Waals surface area (Å²) in [6.07, 6.45) is 2.01. The van der Waals surface area contributed by atoms with Crippen LogP contribution in [0.4, 0.5) is 5.13 Å². The van der Waals surface area contributed by atoms with Crippen molar-refractivity contribution in [1.82, 2.24) is 9.36 Å². The lowest BCUT2D eigenvalue weighted by molar-refractivity contribution is -0.0421. The number of aromatic nitrogens is 2. The zero-order valence-corrected chi connectivity index (χ0v) is 11.1. The molecule has 1 N–H and O–H groups in total. The summed E-state index contributed by atoms with van der Waals surface area (Å²) in [6, 6.07) is 0. The molecule has 2 rings (SSSR count). The second-order valence-corrected chi connectivity index (χ2v) is 5.13. The summed E-state index contributed by atoms with van der Waals surface area (Å²) >= 11 is 1.44. The van der Waals surface area contributed by atoms with Gasteiger partial charge in [0.05, 0.1) is 18.8 Å². The largest absolute Gasteiger partial charge is 0.394 e. The number of hydrogen-bond acceptors (Lipinski definition) is 6. The van der Waals surface area contributed by atoms with Crippen LogP contribution >= 0.6 is 11.5 Å². The number of ether oxygens (including phenoxy) is 1. The van der Waals surface area contributed by atoms with Crippen LogP contribution in [0.3, 0.4) is 0 Å². The van der Waals surface area contributed by atoms with Gasteiger partial charge in [0.25, 0.3) is 0 Å². The molecule has 0 aliphatic carbocycles. The molecule has 1 fully saturated rings. The summed E-state index contributed by atoms with van der Waals surface area (Å²) in [5.41, 5.74) is 0. The van der Waals surface area contributed by atoms with Gasteiger partial charge in [-0.1, -0.05) is 6.92 Å². The van der Waals surface area contributed by atoms with Gasteiger partial charge in [-0.2, -0.15) is 4.37 Å². The minimum Gasteiger partial charge on any atom is -0.394 e. The SMILES string of the molecule is CCCc1nsc(N2CC(C)OC(CO)C2)n1. The molecule has 1 aliphatic heterocycles. The average Bonchev–Trinajstić information content (AvgIpc) is 2.77. The topological polar surface area (TPSA) is 58.5 Å². The molecule has 96 valence electrons. The van der Waals surface area contributed by atoms with E-state index in [1.807, 2.05) is 6.92 Å². The highest BCUT2D eigenvalue weighted by Gasteiger charge is 2.26. The maximum Gasteiger partial charge on any atom is 0.205 e. The minimum atomic E-state index is -0.114. The molecule has 0 bridgehead atoms. The first-order valence-corrected chi connectivity index (χ1v) is 6.84. The van der Waals surface area contributed by atoms with Crippen LogP contribution in [0.1, 0.15) is 26.1 Å². The fourth-order valence-electron chi connectivity index (χ4n) is 2.00. The summed E-state index contributed by atoms with van der Waals surface area (Å²) in [5, 5.41) is 10.1. The van der Waals surface area contributed by atoms with Crippen LogP contribution in [-0.2, 0) is 11.2 Å². The Morgan fingerprint density at radius 2 is 2.35 bits per heavy atom. The summed E-state index contributed by atoms with van der Waals surface area (Å²) in [6.45, 7) is 5.71. The summed E-state index contributed by atoms with van der Waals surface area (Å²) in [7, 11) is 0. The van der Waals surface area contributed by atoms with Gasteiger partial charge in [-0.25, -0.2) is 4.98 Å². The highest BCUT2D eigenvalue weighted by Crippen LogP contribution is 2.22. The second-order valence-electron chi connectivity index (χ2n) is 4.40. The molecule has 1 saturated heterocycles. The smallest absolute Gasteiger partial charge is 0.205 e. The van der Waals surface area contributed by atoms with E-state index in [9.17, 15) is 5.11 Å². The first-order chi connectivity index (χ1) is 8.22. The fraction of sp³-hybridized carbons (Fsp3) is 0.818. The van der Waals surface area contributed by atoms with Gasteiger partial charge in [0.2, 0.25) is 5.13 Å². The molecule has 0 spiro atoms. The van der Waals surface area contributed by atoms with Gasteiger partial charge in [0.15, 0.2) is 0 Å². The minimum absolute atomic E-state index is 0.0570. The van der Waals surface area contributed by atoms with E-state index >= 15 is 0 Å². The van der Waals surface area contributed by atoms with E-state index < -0.39 is 0 Å². The maximum atomic E-state index is 9.18. The highest BCUT2D eigenvalue weighted by atomic mass is 32.1. The molecule has 2 unspecified atom stereocenters. The van der Waals surface area contributed by atoms with Crippen molar-refractivity contribution in [3.63, 3.8) is 0 Å². The van der Waals surface area contributed by atoms with Gasteiger partial charge in [-0.15, -0.1) is 0 Å². The fourth-order valence-corrected chi connectivity index (χ4v) is 2.73. The molecule has 0 amide bonds. The molecular formula is C11H19N3O2S. The quantitative estimate of drug-likeness (QED) is 0.874. The second kappa shape index (κ2) is 5.75. The average molecular weight is 257 g/mol. The summed E-state index contributed by atoms with van der Waals surface area (Å²) in [5.74, 6) is 0.923. The number of aryl methyl sites for hydroxylation is 1. The predicted octanol–water partition coefficient (Wildman–Crippen LogP) is 1.08. The number of anilines is 1. The lowest BCUT2D eigenvalue weighted by atomic mass is 10.2. The number of hydrogen-bond donors (Lipinski definition) is 1. The number of rotatable bonds is 4. The molecule has 5 nitrogen and oxygen atoms in total. The zero-order chi connectivity index (χ0) is 12.3. The third-order valence-electron chi connectivity index (χ3n) is 2.73. The van der Waals surface area contributed by atoms with E-state index in [1.54, 1.807) is 0 Å². The molecule has 1 aliphatic rings. The first-order valence-electron chi connectivity index (χ1n) is 6.06. The lowest BCUT2D eigenvalue weighted by Gasteiger charge is -2.35. The first kappa shape index (κ1) is 12.7. The van der Waals surface area contributed by atoms with Crippen LogP contribution in [0.25, 0.3) is 0 Å². The molecule has 0 saturated carbocycles. The Kier molecular flexibility index (Phi) is 4.31. The van der Waals surface area contributed by atoms with E-state index in [0.717, 1.165) is 30.3 Å². The van der Waals surface area contributed by atoms with Crippen LogP contribution in [0.15, 0.2) is 0 Å². The Hall–Kier alpha value is -0.720. The van der Waals surface area contributed by atoms with Crippen molar-refractivity contribution < 1.29 is 9.84 Å². The van der Waals surface area contributed by atoms with Crippen molar-refractivity contribution in [3.8, 4) is 0 Å². The lowest BCUT2D eigenvalue weighted by Crippen LogP contribution is -2.48. The van der Waals surface area contributed by atoms with Crippen LogP contribution < -0.4 is 4.90 Å². The predicted molar refractivity (Wildman–Crippen MR) is 67.5 cm³/mol. The van der Waals surface area contributed by atoms with E-state index in [0.29, 0.717) is 6.54 Å². The van der Waals surface area contributed by atoms with Gasteiger partial charge in [0, 0.05) is 31.0 Å². The molecule has 17 heavy (non-hydrogen) atoms. The van der Waals surface area contributed by atoms with Crippen LogP contribution in [-0.4, -0.2) is 46.4 Å². The van der Waals surface area contributed by atoms with Crippen molar-refractivity contribution >= 4 is 16.7 Å². The van der Waals surface area contributed by atoms with Crippen molar-refractivity contribution in [1.29, 1.82) is 0 Å². The van der Waals surface area contributed by atoms with Crippen LogP contribution in [0.5, 0.6) is 0 Å². The van der Waals surface area contributed by atoms with E-state index in [1.165, 1.54) is 11.5 Å². The van der Waals surface area contributed by atoms with Crippen molar-refractivity contribution in [2.45, 2.75) is 38.9 Å². The molecule has 0 aromatic carbocycles. The van der Waals surface area contributed by atoms with Gasteiger partial charge < -0.3 is 14.7 Å². The third-order valence-corrected chi connectivity index (χ3v) is 3.55. The monoisotopic (exact) mass is 257 g/mol. The number of aliphatic hydroxyl groups excluding tert-OH is 1. The van der Waals surface area contributed by atoms with Crippen molar-refractivity contribution in [3.05, 3.63) is 5.82 Å². The molecule has 1 aromatic heterocycles.